The van der Waals surface area contributed by atoms with Crippen molar-refractivity contribution in [3.63, 3.8) is 0 Å². The van der Waals surface area contributed by atoms with E-state index in [1.807, 2.05) is 6.92 Å². The second kappa shape index (κ2) is 7.14. The van der Waals surface area contributed by atoms with Crippen LogP contribution in [0.25, 0.3) is 0 Å². The van der Waals surface area contributed by atoms with Crippen molar-refractivity contribution < 1.29 is 19.3 Å². The first kappa shape index (κ1) is 13.9. The molecule has 0 N–H and O–H groups in total. The van der Waals surface area contributed by atoms with Gasteiger partial charge in [0.25, 0.3) is 0 Å². The van der Waals surface area contributed by atoms with Crippen LogP contribution in [0.2, 0.25) is 0 Å². The van der Waals surface area contributed by atoms with Crippen molar-refractivity contribution in [2.24, 2.45) is 0 Å². The van der Waals surface area contributed by atoms with Gasteiger partial charge in [0.1, 0.15) is 11.9 Å². The van der Waals surface area contributed by atoms with Crippen LogP contribution in [0, 0.1) is 6.10 Å². The molecule has 1 aliphatic rings. The largest absolute Gasteiger partial charge is 0.494 e. The van der Waals surface area contributed by atoms with Gasteiger partial charge in [0.15, 0.2) is 0 Å². The van der Waals surface area contributed by atoms with Gasteiger partial charge in [0.2, 0.25) is 0 Å². The van der Waals surface area contributed by atoms with E-state index in [9.17, 15) is 4.79 Å². The van der Waals surface area contributed by atoms with Crippen LogP contribution < -0.4 is 4.74 Å². The Hall–Kier alpha value is -1.55. The summed E-state index contributed by atoms with van der Waals surface area (Å²) in [5.74, 6) is 0.266. The molecule has 0 unspecified atom stereocenters. The van der Waals surface area contributed by atoms with Crippen LogP contribution in [0.3, 0.4) is 0 Å². The van der Waals surface area contributed by atoms with Crippen molar-refractivity contribution in [1.29, 1.82) is 0 Å². The van der Waals surface area contributed by atoms with Crippen molar-refractivity contribution in [1.82, 2.24) is 0 Å². The Balaban J connectivity index is 1.81. The standard InChI is InChI=1S/C15H19O4/c1-2-17-13-10-8-12(9-11-13)15(16)19-18-14-6-4-3-5-7-14/h8-11H,2-7H2,1H3. The van der Waals surface area contributed by atoms with E-state index in [1.165, 1.54) is 6.42 Å². The monoisotopic (exact) mass is 263 g/mol. The summed E-state index contributed by atoms with van der Waals surface area (Å²) in [5, 5.41) is 0. The molecule has 1 aromatic carbocycles. The van der Waals surface area contributed by atoms with Crippen LogP contribution in [0.4, 0.5) is 0 Å². The first-order chi connectivity index (χ1) is 9.29. The lowest BCUT2D eigenvalue weighted by atomic mass is 9.98. The van der Waals surface area contributed by atoms with Crippen molar-refractivity contribution >= 4 is 5.97 Å². The van der Waals surface area contributed by atoms with E-state index in [1.54, 1.807) is 24.3 Å². The second-order valence-electron chi connectivity index (χ2n) is 4.51. The maximum atomic E-state index is 11.8. The highest BCUT2D eigenvalue weighted by Crippen LogP contribution is 2.26. The minimum atomic E-state index is -0.471. The third-order valence-electron chi connectivity index (χ3n) is 3.05. The Morgan fingerprint density at radius 3 is 2.42 bits per heavy atom. The van der Waals surface area contributed by atoms with Crippen LogP contribution >= 0.6 is 0 Å². The van der Waals surface area contributed by atoms with E-state index in [-0.39, 0.29) is 0 Å². The summed E-state index contributed by atoms with van der Waals surface area (Å²) in [4.78, 5) is 21.7. The highest BCUT2D eigenvalue weighted by molar-refractivity contribution is 5.89. The molecule has 103 valence electrons. The molecule has 0 atom stereocenters. The number of carbonyl (C=O) groups excluding carboxylic acids is 1. The summed E-state index contributed by atoms with van der Waals surface area (Å²) in [6.07, 6.45) is 6.07. The van der Waals surface area contributed by atoms with Crippen LogP contribution in [0.1, 0.15) is 49.4 Å². The molecule has 0 amide bonds. The highest BCUT2D eigenvalue weighted by atomic mass is 17.2. The lowest BCUT2D eigenvalue weighted by Gasteiger charge is -2.18. The summed E-state index contributed by atoms with van der Waals surface area (Å²) in [7, 11) is 0. The molecule has 0 bridgehead atoms. The van der Waals surface area contributed by atoms with Gasteiger partial charge in [-0.3, -0.25) is 4.89 Å². The number of hydrogen-bond donors (Lipinski definition) is 0. The van der Waals surface area contributed by atoms with Crippen LogP contribution in [-0.2, 0) is 9.78 Å². The zero-order chi connectivity index (χ0) is 13.5. The summed E-state index contributed by atoms with van der Waals surface area (Å²) < 4.78 is 5.31. The van der Waals surface area contributed by atoms with Gasteiger partial charge in [-0.1, -0.05) is 19.3 Å². The average Bonchev–Trinajstić information content (AvgIpc) is 2.47. The highest BCUT2D eigenvalue weighted by Gasteiger charge is 2.18. The molecule has 0 aromatic heterocycles. The molecule has 0 aliphatic heterocycles. The fourth-order valence-corrected chi connectivity index (χ4v) is 2.03. The SMILES string of the molecule is CCOc1ccc(C(=O)OO[C]2CCCCC2)cc1. The van der Waals surface area contributed by atoms with Gasteiger partial charge in [0.05, 0.1) is 12.2 Å². The van der Waals surface area contributed by atoms with Gasteiger partial charge in [-0.25, -0.2) is 4.79 Å². The van der Waals surface area contributed by atoms with Crippen molar-refractivity contribution in [2.45, 2.75) is 39.0 Å². The molecule has 0 heterocycles. The zero-order valence-corrected chi connectivity index (χ0v) is 11.2. The Morgan fingerprint density at radius 2 is 1.79 bits per heavy atom. The number of carbonyl (C=O) groups is 1. The smallest absolute Gasteiger partial charge is 0.373 e. The molecule has 1 aromatic rings. The normalized spacial score (nSPS) is 16.1. The van der Waals surface area contributed by atoms with Gasteiger partial charge < -0.3 is 4.74 Å². The van der Waals surface area contributed by atoms with Crippen molar-refractivity contribution in [3.05, 3.63) is 35.9 Å². The van der Waals surface area contributed by atoms with Gasteiger partial charge in [0, 0.05) is 0 Å². The zero-order valence-electron chi connectivity index (χ0n) is 11.2. The minimum Gasteiger partial charge on any atom is -0.494 e. The number of ether oxygens (including phenoxy) is 1. The maximum absolute atomic E-state index is 11.8. The third kappa shape index (κ3) is 4.24. The molecule has 19 heavy (non-hydrogen) atoms. The van der Waals surface area contributed by atoms with Crippen molar-refractivity contribution in [3.8, 4) is 5.75 Å². The first-order valence-electron chi connectivity index (χ1n) is 6.76. The lowest BCUT2D eigenvalue weighted by Crippen LogP contribution is -2.13. The summed E-state index contributed by atoms with van der Waals surface area (Å²) in [6, 6.07) is 6.83. The first-order valence-corrected chi connectivity index (χ1v) is 6.76. The van der Waals surface area contributed by atoms with Crippen LogP contribution in [0.5, 0.6) is 5.75 Å². The molecular formula is C15H19O4. The predicted octanol–water partition coefficient (Wildman–Crippen LogP) is 3.67. The molecule has 1 aliphatic carbocycles. The minimum absolute atomic E-state index is 0.458. The molecule has 1 fully saturated rings. The number of hydrogen-bond acceptors (Lipinski definition) is 4. The van der Waals surface area contributed by atoms with E-state index >= 15 is 0 Å². The molecule has 1 radical (unpaired) electrons. The fourth-order valence-electron chi connectivity index (χ4n) is 2.03. The van der Waals surface area contributed by atoms with Crippen LogP contribution in [-0.4, -0.2) is 12.6 Å². The number of rotatable bonds is 5. The third-order valence-corrected chi connectivity index (χ3v) is 3.05. The topological polar surface area (TPSA) is 44.8 Å². The van der Waals surface area contributed by atoms with E-state index in [4.69, 9.17) is 14.5 Å². The van der Waals surface area contributed by atoms with E-state index in [2.05, 4.69) is 0 Å². The molecule has 0 saturated heterocycles. The molecule has 2 rings (SSSR count). The summed E-state index contributed by atoms with van der Waals surface area (Å²) in [6.45, 7) is 2.52. The Labute approximate surface area is 113 Å². The average molecular weight is 263 g/mol. The van der Waals surface area contributed by atoms with Crippen molar-refractivity contribution in [2.75, 3.05) is 6.61 Å². The fraction of sp³-hybridized carbons (Fsp3) is 0.467. The Kier molecular flexibility index (Phi) is 5.21. The Morgan fingerprint density at radius 1 is 1.11 bits per heavy atom. The summed E-state index contributed by atoms with van der Waals surface area (Å²) >= 11 is 0. The van der Waals surface area contributed by atoms with E-state index < -0.39 is 5.97 Å². The quantitative estimate of drug-likeness (QED) is 0.600. The maximum Gasteiger partial charge on any atom is 0.373 e. The number of benzene rings is 1. The Bertz CT molecular complexity index is 393. The van der Waals surface area contributed by atoms with Gasteiger partial charge in [-0.15, -0.1) is 0 Å². The predicted molar refractivity (Wildman–Crippen MR) is 70.4 cm³/mol. The van der Waals surface area contributed by atoms with Gasteiger partial charge in [-0.05, 0) is 44.0 Å². The molecule has 4 nitrogen and oxygen atoms in total. The van der Waals surface area contributed by atoms with Crippen LogP contribution in [0.15, 0.2) is 24.3 Å². The van der Waals surface area contributed by atoms with Gasteiger partial charge in [-0.2, -0.15) is 4.89 Å². The lowest BCUT2D eigenvalue weighted by molar-refractivity contribution is -0.239. The van der Waals surface area contributed by atoms with E-state index in [0.29, 0.717) is 12.2 Å². The summed E-state index contributed by atoms with van der Waals surface area (Å²) in [5.41, 5.74) is 0.458. The molecule has 0 spiro atoms. The van der Waals surface area contributed by atoms with E-state index in [0.717, 1.165) is 37.5 Å². The molecule has 1 saturated carbocycles. The molecule has 4 heteroatoms. The molecular weight excluding hydrogens is 244 g/mol. The van der Waals surface area contributed by atoms with Gasteiger partial charge >= 0.3 is 5.97 Å². The second-order valence-corrected chi connectivity index (χ2v) is 4.51.